The van der Waals surface area contributed by atoms with E-state index in [1.807, 2.05) is 0 Å². The molecule has 3 fully saturated rings. The van der Waals surface area contributed by atoms with Crippen LogP contribution in [0.3, 0.4) is 0 Å². The Morgan fingerprint density at radius 3 is 2.28 bits per heavy atom. The summed E-state index contributed by atoms with van der Waals surface area (Å²) in [5, 5.41) is 30.0. The molecule has 0 amide bonds. The highest BCUT2D eigenvalue weighted by atomic mass is 19.3. The summed E-state index contributed by atoms with van der Waals surface area (Å²) in [6, 6.07) is 8.03. The van der Waals surface area contributed by atoms with Crippen LogP contribution in [0.5, 0.6) is 5.75 Å². The van der Waals surface area contributed by atoms with Crippen LogP contribution in [0.1, 0.15) is 30.4 Å². The Labute approximate surface area is 199 Å². The smallest absolute Gasteiger partial charge is 0.421 e. The van der Waals surface area contributed by atoms with Crippen LogP contribution in [0.2, 0.25) is 0 Å². The van der Waals surface area contributed by atoms with Crippen molar-refractivity contribution in [2.45, 2.75) is 48.9 Å². The lowest BCUT2D eigenvalue weighted by Crippen LogP contribution is -2.76. The van der Waals surface area contributed by atoms with Gasteiger partial charge in [0, 0.05) is 17.0 Å². The van der Waals surface area contributed by atoms with Crippen molar-refractivity contribution < 1.29 is 36.2 Å². The third-order valence-corrected chi connectivity index (χ3v) is 7.22. The number of ether oxygens (including phenoxy) is 1. The lowest BCUT2D eigenvalue weighted by Gasteiger charge is -2.74. The fourth-order valence-electron chi connectivity index (χ4n) is 5.58. The van der Waals surface area contributed by atoms with Crippen molar-refractivity contribution in [3.8, 4) is 11.8 Å². The molecule has 0 aliphatic heterocycles. The first-order valence-electron chi connectivity index (χ1n) is 10.7. The van der Waals surface area contributed by atoms with E-state index in [0.29, 0.717) is 17.7 Å². The van der Waals surface area contributed by atoms with Crippen molar-refractivity contribution in [1.82, 2.24) is 20.2 Å². The molecular weight excluding hydrogens is 492 g/mol. The molecule has 2 bridgehead atoms. The second kappa shape index (κ2) is 7.67. The van der Waals surface area contributed by atoms with Crippen LogP contribution in [-0.4, -0.2) is 37.3 Å². The summed E-state index contributed by atoms with van der Waals surface area (Å²) in [6.45, 7) is -0.885. The van der Waals surface area contributed by atoms with Crippen LogP contribution >= 0.6 is 0 Å². The summed E-state index contributed by atoms with van der Waals surface area (Å²) in [5.74, 6) is -6.48. The molecule has 36 heavy (non-hydrogen) atoms. The third-order valence-electron chi connectivity index (χ3n) is 7.22. The average molecular weight is 509 g/mol. The largest absolute Gasteiger partial charge is 0.494 e. The van der Waals surface area contributed by atoms with Gasteiger partial charge in [-0.15, -0.1) is 13.9 Å². The highest BCUT2D eigenvalue weighted by Gasteiger charge is 2.82. The van der Waals surface area contributed by atoms with E-state index in [0.717, 1.165) is 23.1 Å². The van der Waals surface area contributed by atoms with Gasteiger partial charge in [-0.1, -0.05) is 12.1 Å². The first-order chi connectivity index (χ1) is 16.9. The predicted molar refractivity (Wildman–Crippen MR) is 109 cm³/mol. The van der Waals surface area contributed by atoms with E-state index >= 15 is 8.78 Å². The third kappa shape index (κ3) is 3.42. The average Bonchev–Trinajstić information content (AvgIpc) is 3.25. The van der Waals surface area contributed by atoms with Gasteiger partial charge in [0.1, 0.15) is 23.7 Å². The summed E-state index contributed by atoms with van der Waals surface area (Å²) < 4.78 is 91.8. The van der Waals surface area contributed by atoms with E-state index in [2.05, 4.69) is 20.3 Å². The van der Waals surface area contributed by atoms with Crippen LogP contribution in [0, 0.1) is 28.4 Å². The lowest BCUT2D eigenvalue weighted by molar-refractivity contribution is -0.347. The van der Waals surface area contributed by atoms with Crippen LogP contribution in [-0.2, 0) is 17.6 Å². The normalized spacial score (nSPS) is 24.7. The van der Waals surface area contributed by atoms with Crippen molar-refractivity contribution >= 4 is 0 Å². The van der Waals surface area contributed by atoms with Gasteiger partial charge < -0.3 is 9.84 Å². The molecule has 188 valence electrons. The lowest BCUT2D eigenvalue weighted by atomic mass is 9.30. The number of nitriles is 1. The SMILES string of the molecule is N#CC(F)(F)Oc1ccc(C23CC(C(F)(F)[C@](O)(Cn4cnnn4)c4ccc(F)cc4F)(C2)C3)cc1. The molecule has 0 radical (unpaired) electrons. The van der Waals surface area contributed by atoms with Crippen molar-refractivity contribution in [3.05, 3.63) is 71.6 Å². The summed E-state index contributed by atoms with van der Waals surface area (Å²) >= 11 is 0. The number of benzene rings is 2. The van der Waals surface area contributed by atoms with Gasteiger partial charge in [0.2, 0.25) is 0 Å². The molecule has 7 nitrogen and oxygen atoms in total. The number of hydrogen-bond donors (Lipinski definition) is 1. The Morgan fingerprint density at radius 1 is 1.06 bits per heavy atom. The number of nitrogens with zero attached hydrogens (tertiary/aromatic N) is 5. The molecule has 3 saturated carbocycles. The van der Waals surface area contributed by atoms with Gasteiger partial charge in [-0.3, -0.25) is 0 Å². The number of rotatable bonds is 8. The number of halogens is 6. The Hall–Kier alpha value is -3.66. The minimum Gasteiger partial charge on any atom is -0.421 e. The summed E-state index contributed by atoms with van der Waals surface area (Å²) in [5.41, 5.74) is -5.67. The monoisotopic (exact) mass is 509 g/mol. The molecule has 1 N–H and O–H groups in total. The predicted octanol–water partition coefficient (Wildman–Crippen LogP) is 4.09. The number of hydrogen-bond acceptors (Lipinski definition) is 6. The number of alkyl halides is 4. The summed E-state index contributed by atoms with van der Waals surface area (Å²) in [6.07, 6.45) is -3.22. The zero-order valence-electron chi connectivity index (χ0n) is 18.3. The summed E-state index contributed by atoms with van der Waals surface area (Å²) in [7, 11) is 0. The molecule has 13 heteroatoms. The topological polar surface area (TPSA) is 96.8 Å². The maximum Gasteiger partial charge on any atom is 0.494 e. The Kier molecular flexibility index (Phi) is 5.12. The van der Waals surface area contributed by atoms with Gasteiger partial charge in [0.25, 0.3) is 5.92 Å². The molecule has 6 rings (SSSR count). The molecule has 0 unspecified atom stereocenters. The molecule has 1 aromatic heterocycles. The highest BCUT2D eigenvalue weighted by Crippen LogP contribution is 2.80. The second-order valence-corrected chi connectivity index (χ2v) is 9.41. The van der Waals surface area contributed by atoms with Crippen LogP contribution in [0.4, 0.5) is 26.3 Å². The number of aromatic nitrogens is 4. The van der Waals surface area contributed by atoms with E-state index in [1.54, 1.807) is 0 Å². The van der Waals surface area contributed by atoms with Crippen molar-refractivity contribution in [2.75, 3.05) is 0 Å². The zero-order valence-corrected chi connectivity index (χ0v) is 18.3. The Bertz CT molecular complexity index is 1320. The van der Waals surface area contributed by atoms with Crippen LogP contribution in [0.25, 0.3) is 0 Å². The number of tetrazole rings is 1. The van der Waals surface area contributed by atoms with Crippen LogP contribution in [0.15, 0.2) is 48.8 Å². The van der Waals surface area contributed by atoms with E-state index in [-0.39, 0.29) is 25.0 Å². The molecule has 0 saturated heterocycles. The van der Waals surface area contributed by atoms with E-state index in [4.69, 9.17) is 5.26 Å². The fourth-order valence-corrected chi connectivity index (χ4v) is 5.58. The zero-order chi connectivity index (χ0) is 26.0. The molecular formula is C23H17F6N5O2. The van der Waals surface area contributed by atoms with E-state index < -0.39 is 52.2 Å². The van der Waals surface area contributed by atoms with Gasteiger partial charge in [0.15, 0.2) is 11.7 Å². The first-order valence-corrected chi connectivity index (χ1v) is 10.7. The molecule has 1 heterocycles. The van der Waals surface area contributed by atoms with Crippen molar-refractivity contribution in [1.29, 1.82) is 5.26 Å². The Morgan fingerprint density at radius 2 is 1.72 bits per heavy atom. The minimum atomic E-state index is -4.01. The summed E-state index contributed by atoms with van der Waals surface area (Å²) in [4.78, 5) is 0. The van der Waals surface area contributed by atoms with Gasteiger partial charge in [-0.2, -0.15) is 5.26 Å². The van der Waals surface area contributed by atoms with E-state index in [1.165, 1.54) is 24.3 Å². The standard InChI is InChI=1S/C23H17F6N5O2/c24-15-3-6-17(18(25)7-15)21(35,12-34-13-31-32-33-34)23(28,29)20-8-19(9-20,10-20)14-1-4-16(5-2-14)36-22(26,27)11-30/h1-7,13,35H,8-10,12H2/t19?,20?,21-/m0/s1. The molecule has 3 aliphatic rings. The first kappa shape index (κ1) is 24.1. The van der Waals surface area contributed by atoms with Crippen LogP contribution < -0.4 is 4.74 Å². The highest BCUT2D eigenvalue weighted by molar-refractivity contribution is 5.44. The molecule has 3 aliphatic carbocycles. The molecule has 1 atom stereocenters. The van der Waals surface area contributed by atoms with Gasteiger partial charge in [-0.25, -0.2) is 22.2 Å². The van der Waals surface area contributed by atoms with Gasteiger partial charge in [0.05, 0.1) is 6.54 Å². The maximum absolute atomic E-state index is 16.1. The van der Waals surface area contributed by atoms with E-state index in [9.17, 15) is 22.7 Å². The molecule has 0 spiro atoms. The van der Waals surface area contributed by atoms with Crippen molar-refractivity contribution in [2.24, 2.45) is 5.41 Å². The van der Waals surface area contributed by atoms with Gasteiger partial charge in [-0.05, 0) is 64.9 Å². The fraction of sp³-hybridized carbons (Fsp3) is 0.391. The molecule has 2 aromatic carbocycles. The molecule has 3 aromatic rings. The second-order valence-electron chi connectivity index (χ2n) is 9.41. The minimum absolute atomic E-state index is 0.0672. The van der Waals surface area contributed by atoms with Crippen molar-refractivity contribution in [3.63, 3.8) is 0 Å². The Balaban J connectivity index is 1.42. The quantitative estimate of drug-likeness (QED) is 0.460. The van der Waals surface area contributed by atoms with Gasteiger partial charge >= 0.3 is 6.11 Å². The number of aliphatic hydroxyl groups is 1. The maximum atomic E-state index is 16.1.